The summed E-state index contributed by atoms with van der Waals surface area (Å²) >= 11 is 0. The quantitative estimate of drug-likeness (QED) is 0.448. The van der Waals surface area contributed by atoms with Crippen LogP contribution < -0.4 is 5.32 Å². The summed E-state index contributed by atoms with van der Waals surface area (Å²) in [6.07, 6.45) is -1.11. The molecule has 4 aromatic rings. The molecule has 1 atom stereocenters. The maximum atomic E-state index is 13.1. The zero-order chi connectivity index (χ0) is 21.8. The van der Waals surface area contributed by atoms with E-state index in [1.807, 2.05) is 68.4 Å². The Balaban J connectivity index is 1.61. The fraction of sp³-hybridized carbons (Fsp3) is 0.115. The highest BCUT2D eigenvalue weighted by Crippen LogP contribution is 2.23. The number of fused-ring (bicyclic) bond motifs is 1. The van der Waals surface area contributed by atoms with Crippen molar-refractivity contribution in [2.45, 2.75) is 20.0 Å². The van der Waals surface area contributed by atoms with E-state index in [9.17, 15) is 9.59 Å². The van der Waals surface area contributed by atoms with E-state index >= 15 is 0 Å². The molecule has 1 heterocycles. The van der Waals surface area contributed by atoms with Gasteiger partial charge >= 0.3 is 5.97 Å². The lowest BCUT2D eigenvalue weighted by molar-refractivity contribution is -0.125. The lowest BCUT2D eigenvalue weighted by atomic mass is 10.1. The fourth-order valence-electron chi connectivity index (χ4n) is 3.50. The van der Waals surface area contributed by atoms with Crippen molar-refractivity contribution in [1.29, 1.82) is 0 Å². The van der Waals surface area contributed by atoms with Crippen molar-refractivity contribution >= 4 is 28.5 Å². The summed E-state index contributed by atoms with van der Waals surface area (Å²) in [5, 5.41) is 3.79. The largest absolute Gasteiger partial charge is 0.443 e. The molecule has 5 heteroatoms. The monoisotopic (exact) mass is 410 g/mol. The number of nitrogens with one attached hydrogen (secondary N) is 1. The van der Waals surface area contributed by atoms with Crippen molar-refractivity contribution in [3.05, 3.63) is 107 Å². The van der Waals surface area contributed by atoms with Gasteiger partial charge in [-0.15, -0.1) is 0 Å². The van der Waals surface area contributed by atoms with Crippen LogP contribution in [0.4, 0.5) is 5.69 Å². The number of carbonyl (C=O) groups excluding carboxylic acids is 2. The minimum absolute atomic E-state index is 0.152. The zero-order valence-corrected chi connectivity index (χ0v) is 17.3. The Morgan fingerprint density at radius 3 is 2.26 bits per heavy atom. The van der Waals surface area contributed by atoms with Crippen LogP contribution in [-0.4, -0.2) is 16.9 Å². The molecule has 0 aliphatic rings. The summed E-state index contributed by atoms with van der Waals surface area (Å²) in [6.45, 7) is 3.92. The molecule has 0 saturated heterocycles. The molecule has 0 fully saturated rings. The van der Waals surface area contributed by atoms with E-state index < -0.39 is 18.0 Å². The molecule has 0 bridgehead atoms. The Morgan fingerprint density at radius 2 is 1.52 bits per heavy atom. The number of hydrogen-bond donors (Lipinski definition) is 1. The van der Waals surface area contributed by atoms with Gasteiger partial charge in [-0.2, -0.15) is 0 Å². The molecule has 0 aliphatic heterocycles. The molecular formula is C26H22N2O3. The number of amides is 1. The van der Waals surface area contributed by atoms with Crippen LogP contribution in [0.25, 0.3) is 10.9 Å². The van der Waals surface area contributed by atoms with E-state index in [-0.39, 0.29) is 5.69 Å². The summed E-state index contributed by atoms with van der Waals surface area (Å²) in [5.74, 6) is -1.08. The number of benzene rings is 3. The van der Waals surface area contributed by atoms with Crippen molar-refractivity contribution in [2.24, 2.45) is 0 Å². The van der Waals surface area contributed by atoms with Gasteiger partial charge in [0.05, 0.1) is 5.52 Å². The van der Waals surface area contributed by atoms with Crippen LogP contribution in [0.15, 0.2) is 84.9 Å². The van der Waals surface area contributed by atoms with Crippen molar-refractivity contribution in [3.8, 4) is 0 Å². The Kier molecular flexibility index (Phi) is 5.76. The Labute approximate surface area is 180 Å². The maximum Gasteiger partial charge on any atom is 0.358 e. The van der Waals surface area contributed by atoms with E-state index in [0.29, 0.717) is 16.8 Å². The predicted molar refractivity (Wildman–Crippen MR) is 121 cm³/mol. The van der Waals surface area contributed by atoms with E-state index in [1.54, 1.807) is 30.3 Å². The highest BCUT2D eigenvalue weighted by atomic mass is 16.5. The van der Waals surface area contributed by atoms with Gasteiger partial charge in [-0.1, -0.05) is 60.7 Å². The van der Waals surface area contributed by atoms with Crippen LogP contribution in [0.5, 0.6) is 0 Å². The molecular weight excluding hydrogens is 388 g/mol. The molecule has 154 valence electrons. The van der Waals surface area contributed by atoms with E-state index in [2.05, 4.69) is 10.3 Å². The summed E-state index contributed by atoms with van der Waals surface area (Å²) in [7, 11) is 0. The van der Waals surface area contributed by atoms with Gasteiger partial charge in [0, 0.05) is 16.6 Å². The molecule has 0 radical (unpaired) electrons. The van der Waals surface area contributed by atoms with E-state index in [4.69, 9.17) is 4.74 Å². The number of carbonyl (C=O) groups is 2. The first kappa shape index (κ1) is 20.3. The number of anilines is 1. The first-order chi connectivity index (χ1) is 15.0. The molecule has 1 unspecified atom stereocenters. The number of aromatic nitrogens is 1. The van der Waals surface area contributed by atoms with Gasteiger partial charge in [-0.3, -0.25) is 4.79 Å². The number of aryl methyl sites for hydroxylation is 2. The normalized spacial score (nSPS) is 11.7. The first-order valence-electron chi connectivity index (χ1n) is 10.0. The van der Waals surface area contributed by atoms with Gasteiger partial charge in [0.1, 0.15) is 5.69 Å². The van der Waals surface area contributed by atoms with Gasteiger partial charge in [0.15, 0.2) is 0 Å². The predicted octanol–water partition coefficient (Wildman–Crippen LogP) is 5.39. The standard InChI is InChI=1S/C26H22N2O3/c1-17-14-18(2)16-21(15-17)27-25(29)24(20-9-4-3-5-10-20)31-26(30)23-13-12-19-8-6-7-11-22(19)28-23/h3-16,24H,1-2H3,(H,27,29). The summed E-state index contributed by atoms with van der Waals surface area (Å²) in [5.41, 5.74) is 4.14. The van der Waals surface area contributed by atoms with Crippen molar-refractivity contribution in [2.75, 3.05) is 5.32 Å². The summed E-state index contributed by atoms with van der Waals surface area (Å²) < 4.78 is 5.65. The molecule has 1 aromatic heterocycles. The van der Waals surface area contributed by atoms with E-state index in [1.165, 1.54) is 0 Å². The molecule has 0 saturated carbocycles. The third-order valence-electron chi connectivity index (χ3n) is 4.86. The number of nitrogens with zero attached hydrogens (tertiary/aromatic N) is 1. The number of esters is 1. The maximum absolute atomic E-state index is 13.1. The number of ether oxygens (including phenoxy) is 1. The smallest absolute Gasteiger partial charge is 0.358 e. The van der Waals surface area contributed by atoms with Crippen LogP contribution in [0.1, 0.15) is 33.3 Å². The zero-order valence-electron chi connectivity index (χ0n) is 17.3. The lowest BCUT2D eigenvalue weighted by Gasteiger charge is -2.18. The molecule has 5 nitrogen and oxygen atoms in total. The van der Waals surface area contributed by atoms with Crippen LogP contribution in [0.3, 0.4) is 0 Å². The first-order valence-corrected chi connectivity index (χ1v) is 10.0. The second-order valence-corrected chi connectivity index (χ2v) is 7.45. The minimum atomic E-state index is -1.11. The van der Waals surface area contributed by atoms with Gasteiger partial charge in [-0.05, 0) is 49.2 Å². The summed E-state index contributed by atoms with van der Waals surface area (Å²) in [6, 6.07) is 25.7. The topological polar surface area (TPSA) is 68.3 Å². The van der Waals surface area contributed by atoms with Gasteiger partial charge < -0.3 is 10.1 Å². The second kappa shape index (κ2) is 8.79. The molecule has 1 N–H and O–H groups in total. The fourth-order valence-corrected chi connectivity index (χ4v) is 3.50. The van der Waals surface area contributed by atoms with Crippen molar-refractivity contribution < 1.29 is 14.3 Å². The third kappa shape index (κ3) is 4.78. The van der Waals surface area contributed by atoms with Crippen LogP contribution in [-0.2, 0) is 9.53 Å². The van der Waals surface area contributed by atoms with Gasteiger partial charge in [-0.25, -0.2) is 9.78 Å². The van der Waals surface area contributed by atoms with Crippen molar-refractivity contribution in [3.63, 3.8) is 0 Å². The highest BCUT2D eigenvalue weighted by molar-refractivity contribution is 5.98. The Hall–Kier alpha value is -3.99. The van der Waals surface area contributed by atoms with Crippen LogP contribution >= 0.6 is 0 Å². The van der Waals surface area contributed by atoms with Crippen LogP contribution in [0.2, 0.25) is 0 Å². The Morgan fingerprint density at radius 1 is 0.839 bits per heavy atom. The molecule has 31 heavy (non-hydrogen) atoms. The minimum Gasteiger partial charge on any atom is -0.443 e. The Bertz CT molecular complexity index is 1230. The van der Waals surface area contributed by atoms with Gasteiger partial charge in [0.25, 0.3) is 5.91 Å². The third-order valence-corrected chi connectivity index (χ3v) is 4.86. The molecule has 0 aliphatic carbocycles. The number of para-hydroxylation sites is 1. The van der Waals surface area contributed by atoms with Gasteiger partial charge in [0.2, 0.25) is 6.10 Å². The number of pyridine rings is 1. The van der Waals surface area contributed by atoms with Crippen LogP contribution in [0, 0.1) is 13.8 Å². The highest BCUT2D eigenvalue weighted by Gasteiger charge is 2.26. The molecule has 0 spiro atoms. The molecule has 3 aromatic carbocycles. The molecule has 1 amide bonds. The average molecular weight is 410 g/mol. The van der Waals surface area contributed by atoms with Crippen molar-refractivity contribution in [1.82, 2.24) is 4.98 Å². The summed E-state index contributed by atoms with van der Waals surface area (Å²) in [4.78, 5) is 30.4. The average Bonchev–Trinajstić information content (AvgIpc) is 2.76. The number of hydrogen-bond acceptors (Lipinski definition) is 4. The molecule has 4 rings (SSSR count). The SMILES string of the molecule is Cc1cc(C)cc(NC(=O)C(OC(=O)c2ccc3ccccc3n2)c2ccccc2)c1. The second-order valence-electron chi connectivity index (χ2n) is 7.45. The van der Waals surface area contributed by atoms with E-state index in [0.717, 1.165) is 16.5 Å². The lowest BCUT2D eigenvalue weighted by Crippen LogP contribution is -2.26. The number of rotatable bonds is 5.